The van der Waals surface area contributed by atoms with Crippen LogP contribution in [0.3, 0.4) is 0 Å². The molecule has 70 valence electrons. The molecule has 0 spiro atoms. The largest absolute Gasteiger partial charge is 0.308 e. The molecule has 1 aromatic heterocycles. The van der Waals surface area contributed by atoms with Crippen LogP contribution in [0, 0.1) is 0 Å². The lowest BCUT2D eigenvalue weighted by atomic mass is 10.3. The minimum atomic E-state index is 0.799. The number of hydrogen-bond acceptors (Lipinski definition) is 3. The normalized spacial score (nSPS) is 22.2. The summed E-state index contributed by atoms with van der Waals surface area (Å²) in [6.07, 6.45) is 5.44. The van der Waals surface area contributed by atoms with E-state index < -0.39 is 0 Å². The summed E-state index contributed by atoms with van der Waals surface area (Å²) in [6.45, 7) is 0.988. The summed E-state index contributed by atoms with van der Waals surface area (Å²) < 4.78 is 0. The van der Waals surface area contributed by atoms with Crippen molar-refractivity contribution in [2.75, 3.05) is 0 Å². The van der Waals surface area contributed by atoms with E-state index in [2.05, 4.69) is 15.7 Å². The van der Waals surface area contributed by atoms with Gasteiger partial charge in [-0.15, -0.1) is 11.3 Å². The number of thiazole rings is 1. The molecule has 1 heterocycles. The number of hydrogen-bond donors (Lipinski definition) is 1. The fourth-order valence-electron chi connectivity index (χ4n) is 1.49. The minimum absolute atomic E-state index is 0.799. The average Bonchev–Trinajstić information content (AvgIpc) is 3.03. The third-order valence-corrected chi connectivity index (χ3v) is 3.55. The maximum absolute atomic E-state index is 4.63. The predicted octanol–water partition coefficient (Wildman–Crippen LogP) is 2.27. The number of nitrogens with one attached hydrogen (secondary N) is 1. The maximum atomic E-state index is 4.63. The molecule has 2 fully saturated rings. The Morgan fingerprint density at radius 2 is 2.23 bits per heavy atom. The molecule has 2 saturated carbocycles. The standard InChI is InChI=1S/C10H14N2S/c1-2-7(1)9-6-13-10(12-9)5-11-8-3-4-8/h6-8,11H,1-5H2. The zero-order chi connectivity index (χ0) is 8.67. The topological polar surface area (TPSA) is 24.9 Å². The van der Waals surface area contributed by atoms with Crippen molar-refractivity contribution >= 4 is 11.3 Å². The highest BCUT2D eigenvalue weighted by Crippen LogP contribution is 2.40. The fourth-order valence-corrected chi connectivity index (χ4v) is 2.32. The van der Waals surface area contributed by atoms with E-state index in [1.54, 1.807) is 0 Å². The van der Waals surface area contributed by atoms with E-state index in [9.17, 15) is 0 Å². The fraction of sp³-hybridized carbons (Fsp3) is 0.700. The Labute approximate surface area is 82.4 Å². The molecule has 0 unspecified atom stereocenters. The molecule has 1 N–H and O–H groups in total. The molecule has 0 bridgehead atoms. The number of nitrogens with zero attached hydrogens (tertiary/aromatic N) is 1. The van der Waals surface area contributed by atoms with Crippen molar-refractivity contribution in [1.82, 2.24) is 10.3 Å². The molecule has 13 heavy (non-hydrogen) atoms. The summed E-state index contributed by atoms with van der Waals surface area (Å²) in [5.41, 5.74) is 1.34. The lowest BCUT2D eigenvalue weighted by Crippen LogP contribution is -2.14. The monoisotopic (exact) mass is 194 g/mol. The van der Waals surface area contributed by atoms with Gasteiger partial charge in [0.05, 0.1) is 5.69 Å². The third-order valence-electron chi connectivity index (χ3n) is 2.68. The summed E-state index contributed by atoms with van der Waals surface area (Å²) in [5.74, 6) is 0.811. The van der Waals surface area contributed by atoms with E-state index in [0.29, 0.717) is 0 Å². The first-order valence-electron chi connectivity index (χ1n) is 5.09. The van der Waals surface area contributed by atoms with Crippen LogP contribution in [0.4, 0.5) is 0 Å². The molecule has 0 saturated heterocycles. The Bertz CT molecular complexity index is 300. The quantitative estimate of drug-likeness (QED) is 0.795. The van der Waals surface area contributed by atoms with E-state index in [4.69, 9.17) is 0 Å². The molecular formula is C10H14N2S. The van der Waals surface area contributed by atoms with Crippen molar-refractivity contribution in [2.45, 2.75) is 44.2 Å². The smallest absolute Gasteiger partial charge is 0.107 e. The first-order chi connectivity index (χ1) is 6.42. The van der Waals surface area contributed by atoms with Crippen LogP contribution in [0.5, 0.6) is 0 Å². The van der Waals surface area contributed by atoms with Gasteiger partial charge in [0.25, 0.3) is 0 Å². The molecule has 2 aliphatic rings. The van der Waals surface area contributed by atoms with Crippen LogP contribution in [-0.2, 0) is 6.54 Å². The van der Waals surface area contributed by atoms with Crippen LogP contribution < -0.4 is 5.32 Å². The van der Waals surface area contributed by atoms with Gasteiger partial charge in [-0.1, -0.05) is 0 Å². The summed E-state index contributed by atoms with van der Waals surface area (Å²) in [5, 5.41) is 7.00. The third kappa shape index (κ3) is 1.92. The van der Waals surface area contributed by atoms with E-state index in [1.165, 1.54) is 36.4 Å². The van der Waals surface area contributed by atoms with Gasteiger partial charge in [0.1, 0.15) is 5.01 Å². The van der Waals surface area contributed by atoms with Gasteiger partial charge >= 0.3 is 0 Å². The van der Waals surface area contributed by atoms with Crippen LogP contribution in [0.25, 0.3) is 0 Å². The van der Waals surface area contributed by atoms with E-state index in [0.717, 1.165) is 18.5 Å². The van der Waals surface area contributed by atoms with Crippen LogP contribution in [0.15, 0.2) is 5.38 Å². The van der Waals surface area contributed by atoms with Crippen molar-refractivity contribution in [3.63, 3.8) is 0 Å². The second kappa shape index (κ2) is 3.07. The summed E-state index contributed by atoms with van der Waals surface area (Å²) in [7, 11) is 0. The Hall–Kier alpha value is -0.410. The van der Waals surface area contributed by atoms with Gasteiger partial charge in [-0.25, -0.2) is 4.98 Å². The van der Waals surface area contributed by atoms with Gasteiger partial charge in [-0.2, -0.15) is 0 Å². The summed E-state index contributed by atoms with van der Waals surface area (Å²) in [4.78, 5) is 4.63. The lowest BCUT2D eigenvalue weighted by molar-refractivity contribution is 0.682. The molecule has 3 heteroatoms. The van der Waals surface area contributed by atoms with Crippen molar-refractivity contribution in [2.24, 2.45) is 0 Å². The SMILES string of the molecule is c1sc(CNC2CC2)nc1C1CC1. The molecule has 2 aliphatic carbocycles. The van der Waals surface area contributed by atoms with Crippen molar-refractivity contribution in [1.29, 1.82) is 0 Å². The van der Waals surface area contributed by atoms with Crippen LogP contribution >= 0.6 is 11.3 Å². The Kier molecular flexibility index (Phi) is 1.87. The molecule has 0 atom stereocenters. The molecule has 3 rings (SSSR count). The average molecular weight is 194 g/mol. The van der Waals surface area contributed by atoms with E-state index in [-0.39, 0.29) is 0 Å². The van der Waals surface area contributed by atoms with Gasteiger partial charge in [0, 0.05) is 23.9 Å². The van der Waals surface area contributed by atoms with Gasteiger partial charge in [0.2, 0.25) is 0 Å². The zero-order valence-electron chi connectivity index (χ0n) is 7.62. The Morgan fingerprint density at radius 1 is 1.38 bits per heavy atom. The van der Waals surface area contributed by atoms with E-state index >= 15 is 0 Å². The van der Waals surface area contributed by atoms with Crippen LogP contribution in [0.1, 0.15) is 42.3 Å². The van der Waals surface area contributed by atoms with Gasteiger partial charge in [-0.3, -0.25) is 0 Å². The maximum Gasteiger partial charge on any atom is 0.107 e. The van der Waals surface area contributed by atoms with Crippen LogP contribution in [0.2, 0.25) is 0 Å². The summed E-state index contributed by atoms with van der Waals surface area (Å²) >= 11 is 1.81. The Balaban J connectivity index is 1.59. The molecule has 0 radical (unpaired) electrons. The highest BCUT2D eigenvalue weighted by molar-refractivity contribution is 7.09. The van der Waals surface area contributed by atoms with E-state index in [1.807, 2.05) is 11.3 Å². The predicted molar refractivity (Wildman–Crippen MR) is 54.0 cm³/mol. The Morgan fingerprint density at radius 3 is 2.92 bits per heavy atom. The van der Waals surface area contributed by atoms with Crippen molar-refractivity contribution in [3.8, 4) is 0 Å². The first-order valence-corrected chi connectivity index (χ1v) is 5.97. The minimum Gasteiger partial charge on any atom is -0.308 e. The van der Waals surface area contributed by atoms with Crippen molar-refractivity contribution < 1.29 is 0 Å². The number of aromatic nitrogens is 1. The van der Waals surface area contributed by atoms with Gasteiger partial charge in [-0.05, 0) is 25.7 Å². The summed E-state index contributed by atoms with van der Waals surface area (Å²) in [6, 6.07) is 0.799. The highest BCUT2D eigenvalue weighted by Gasteiger charge is 2.26. The molecule has 0 aliphatic heterocycles. The molecule has 1 aromatic rings. The van der Waals surface area contributed by atoms with Crippen LogP contribution in [-0.4, -0.2) is 11.0 Å². The van der Waals surface area contributed by atoms with Gasteiger partial charge < -0.3 is 5.32 Å². The zero-order valence-corrected chi connectivity index (χ0v) is 8.44. The molecule has 0 amide bonds. The second-order valence-electron chi connectivity index (χ2n) is 4.10. The first kappa shape index (κ1) is 7.94. The number of rotatable bonds is 4. The molecular weight excluding hydrogens is 180 g/mol. The lowest BCUT2D eigenvalue weighted by Gasteiger charge is -1.96. The highest BCUT2D eigenvalue weighted by atomic mass is 32.1. The second-order valence-corrected chi connectivity index (χ2v) is 5.04. The molecule has 0 aromatic carbocycles. The van der Waals surface area contributed by atoms with Crippen molar-refractivity contribution in [3.05, 3.63) is 16.1 Å². The molecule has 2 nitrogen and oxygen atoms in total. The van der Waals surface area contributed by atoms with Gasteiger partial charge in [0.15, 0.2) is 0 Å².